The lowest BCUT2D eigenvalue weighted by atomic mass is 9.88. The van der Waals surface area contributed by atoms with Crippen LogP contribution in [-0.2, 0) is 7.05 Å². The number of allylic oxidation sites excluding steroid dienone is 1. The van der Waals surface area contributed by atoms with E-state index >= 15 is 0 Å². The number of likely N-dealkylation sites (tertiary alicyclic amines) is 1. The van der Waals surface area contributed by atoms with Gasteiger partial charge in [-0.05, 0) is 58.8 Å². The molecule has 1 N–H and O–H groups in total. The number of rotatable bonds is 7. The van der Waals surface area contributed by atoms with Crippen LogP contribution in [0.4, 0.5) is 5.82 Å². The van der Waals surface area contributed by atoms with E-state index in [9.17, 15) is 0 Å². The van der Waals surface area contributed by atoms with Crippen LogP contribution in [0.3, 0.4) is 0 Å². The van der Waals surface area contributed by atoms with Gasteiger partial charge >= 0.3 is 0 Å². The van der Waals surface area contributed by atoms with Crippen LogP contribution in [0.5, 0.6) is 0 Å². The minimum absolute atomic E-state index is 0.403. The van der Waals surface area contributed by atoms with Crippen molar-refractivity contribution >= 4 is 17.7 Å². The highest BCUT2D eigenvalue weighted by molar-refractivity contribution is 5.82. The molecular formula is C29H36N8. The SMILES string of the molecule is CC=N/C(=C\C)CN1CCC(c2c(-c3ccc4nc(NC)cn4n3)c(-c3ccc(C)cc3)nn2C)CC1. The molecule has 1 aliphatic rings. The summed E-state index contributed by atoms with van der Waals surface area (Å²) < 4.78 is 3.94. The third-order valence-corrected chi connectivity index (χ3v) is 7.24. The molecule has 0 radical (unpaired) electrons. The molecular weight excluding hydrogens is 460 g/mol. The number of fused-ring (bicyclic) bond motifs is 1. The van der Waals surface area contributed by atoms with Crippen LogP contribution in [0.25, 0.3) is 28.2 Å². The monoisotopic (exact) mass is 496 g/mol. The summed E-state index contributed by atoms with van der Waals surface area (Å²) in [6, 6.07) is 12.7. The predicted octanol–water partition coefficient (Wildman–Crippen LogP) is 5.32. The summed E-state index contributed by atoms with van der Waals surface area (Å²) in [6.45, 7) is 9.11. The predicted molar refractivity (Wildman–Crippen MR) is 151 cm³/mol. The van der Waals surface area contributed by atoms with Crippen LogP contribution in [0.1, 0.15) is 43.9 Å². The molecule has 4 heterocycles. The average Bonchev–Trinajstić information content (AvgIpc) is 3.49. The second-order valence-corrected chi connectivity index (χ2v) is 9.71. The lowest BCUT2D eigenvalue weighted by Crippen LogP contribution is -2.34. The first kappa shape index (κ1) is 24.9. The highest BCUT2D eigenvalue weighted by Crippen LogP contribution is 2.40. The molecule has 3 aromatic heterocycles. The zero-order valence-electron chi connectivity index (χ0n) is 22.4. The molecule has 0 atom stereocenters. The Bertz CT molecular complexity index is 1430. The van der Waals surface area contributed by atoms with E-state index in [0.717, 1.165) is 72.2 Å². The molecule has 0 amide bonds. The Kier molecular flexibility index (Phi) is 7.19. The highest BCUT2D eigenvalue weighted by Gasteiger charge is 2.30. The Morgan fingerprint density at radius 3 is 2.51 bits per heavy atom. The number of aromatic nitrogens is 5. The van der Waals surface area contributed by atoms with Gasteiger partial charge in [0.25, 0.3) is 0 Å². The second kappa shape index (κ2) is 10.7. The van der Waals surface area contributed by atoms with Crippen LogP contribution in [0, 0.1) is 6.92 Å². The zero-order valence-corrected chi connectivity index (χ0v) is 22.4. The molecule has 192 valence electrons. The van der Waals surface area contributed by atoms with Crippen molar-refractivity contribution in [2.24, 2.45) is 12.0 Å². The maximum absolute atomic E-state index is 5.07. The minimum atomic E-state index is 0.403. The van der Waals surface area contributed by atoms with E-state index in [4.69, 9.17) is 10.2 Å². The molecule has 1 aromatic carbocycles. The van der Waals surface area contributed by atoms with E-state index in [2.05, 4.69) is 82.2 Å². The topological polar surface area (TPSA) is 75.6 Å². The minimum Gasteiger partial charge on any atom is -0.372 e. The number of hydrogen-bond acceptors (Lipinski definition) is 6. The highest BCUT2D eigenvalue weighted by atomic mass is 15.3. The Morgan fingerprint density at radius 2 is 1.84 bits per heavy atom. The number of aliphatic imine (C=N–C) groups is 1. The van der Waals surface area contributed by atoms with Gasteiger partial charge in [0.2, 0.25) is 0 Å². The summed E-state index contributed by atoms with van der Waals surface area (Å²) in [5.74, 6) is 1.20. The first-order valence-electron chi connectivity index (χ1n) is 13.1. The standard InChI is InChI=1S/C29H36N8/c1-6-23(31-7-2)18-36-16-14-22(15-17-36)29-27(24-12-13-26-32-25(30-4)19-37(26)33-24)28(34-35(29)5)21-10-8-20(3)9-11-21/h6-13,19,22,30H,14-18H2,1-5H3/b23-6-,31-7?. The zero-order chi connectivity index (χ0) is 25.9. The summed E-state index contributed by atoms with van der Waals surface area (Å²) in [4.78, 5) is 11.6. The van der Waals surface area contributed by atoms with Crippen LogP contribution in [-0.4, -0.2) is 62.2 Å². The maximum Gasteiger partial charge on any atom is 0.156 e. The third-order valence-electron chi connectivity index (χ3n) is 7.24. The molecule has 5 rings (SSSR count). The third kappa shape index (κ3) is 5.06. The Hall–Kier alpha value is -3.78. The van der Waals surface area contributed by atoms with Gasteiger partial charge in [0.1, 0.15) is 11.5 Å². The van der Waals surface area contributed by atoms with Crippen molar-refractivity contribution in [3.63, 3.8) is 0 Å². The summed E-state index contributed by atoms with van der Waals surface area (Å²) in [5, 5.41) is 13.2. The van der Waals surface area contributed by atoms with E-state index in [1.165, 1.54) is 11.3 Å². The van der Waals surface area contributed by atoms with Gasteiger partial charge in [0.15, 0.2) is 5.65 Å². The molecule has 8 heteroatoms. The summed E-state index contributed by atoms with van der Waals surface area (Å²) >= 11 is 0. The van der Waals surface area contributed by atoms with Gasteiger partial charge in [-0.2, -0.15) is 10.2 Å². The van der Waals surface area contributed by atoms with Gasteiger partial charge in [-0.25, -0.2) is 9.50 Å². The lowest BCUT2D eigenvalue weighted by Gasteiger charge is -2.32. The second-order valence-electron chi connectivity index (χ2n) is 9.71. The molecule has 0 bridgehead atoms. The number of benzene rings is 1. The quantitative estimate of drug-likeness (QED) is 0.351. The van der Waals surface area contributed by atoms with Crippen molar-refractivity contribution < 1.29 is 0 Å². The van der Waals surface area contributed by atoms with E-state index in [-0.39, 0.29) is 0 Å². The van der Waals surface area contributed by atoms with E-state index in [0.29, 0.717) is 5.92 Å². The largest absolute Gasteiger partial charge is 0.372 e. The van der Waals surface area contributed by atoms with Crippen molar-refractivity contribution in [2.45, 2.75) is 39.5 Å². The normalized spacial score (nSPS) is 15.8. The van der Waals surface area contributed by atoms with E-state index < -0.39 is 0 Å². The summed E-state index contributed by atoms with van der Waals surface area (Å²) in [5.41, 5.74) is 8.57. The molecule has 1 fully saturated rings. The van der Waals surface area contributed by atoms with Crippen molar-refractivity contribution in [1.29, 1.82) is 0 Å². The molecule has 0 spiro atoms. The number of nitrogens with one attached hydrogen (secondary N) is 1. The maximum atomic E-state index is 5.07. The first-order chi connectivity index (χ1) is 18.0. The average molecular weight is 497 g/mol. The molecule has 4 aromatic rings. The molecule has 8 nitrogen and oxygen atoms in total. The lowest BCUT2D eigenvalue weighted by molar-refractivity contribution is 0.224. The summed E-state index contributed by atoms with van der Waals surface area (Å²) in [7, 11) is 3.95. The van der Waals surface area contributed by atoms with E-state index in [1.54, 1.807) is 0 Å². The smallest absolute Gasteiger partial charge is 0.156 e. The Balaban J connectivity index is 1.53. The number of hydrogen-bond donors (Lipinski definition) is 1. The number of anilines is 1. The van der Waals surface area contributed by atoms with Crippen LogP contribution >= 0.6 is 0 Å². The van der Waals surface area contributed by atoms with Gasteiger partial charge in [0, 0.05) is 44.0 Å². The van der Waals surface area contributed by atoms with Crippen LogP contribution in [0.15, 0.2) is 59.4 Å². The first-order valence-corrected chi connectivity index (χ1v) is 13.1. The molecule has 0 aliphatic carbocycles. The number of piperidine rings is 1. The Morgan fingerprint density at radius 1 is 1.08 bits per heavy atom. The molecule has 1 saturated heterocycles. The van der Waals surface area contributed by atoms with Gasteiger partial charge < -0.3 is 5.32 Å². The van der Waals surface area contributed by atoms with Crippen molar-refractivity contribution in [1.82, 2.24) is 29.3 Å². The Labute approximate surface area is 218 Å². The number of imidazole rings is 1. The van der Waals surface area contributed by atoms with Crippen molar-refractivity contribution in [3.8, 4) is 22.5 Å². The number of aryl methyl sites for hydroxylation is 2. The fraction of sp³-hybridized carbons (Fsp3) is 0.379. The number of nitrogens with zero attached hydrogens (tertiary/aromatic N) is 7. The van der Waals surface area contributed by atoms with Gasteiger partial charge in [-0.3, -0.25) is 14.6 Å². The van der Waals surface area contributed by atoms with Crippen molar-refractivity contribution in [3.05, 3.63) is 65.6 Å². The molecule has 1 aliphatic heterocycles. The van der Waals surface area contributed by atoms with Gasteiger partial charge in [0.05, 0.1) is 23.1 Å². The fourth-order valence-corrected chi connectivity index (χ4v) is 5.27. The van der Waals surface area contributed by atoms with Crippen LogP contribution in [0.2, 0.25) is 0 Å². The van der Waals surface area contributed by atoms with E-state index in [1.807, 2.05) is 37.0 Å². The van der Waals surface area contributed by atoms with Crippen LogP contribution < -0.4 is 5.32 Å². The van der Waals surface area contributed by atoms with Gasteiger partial charge in [-0.1, -0.05) is 35.9 Å². The van der Waals surface area contributed by atoms with Crippen molar-refractivity contribution in [2.75, 3.05) is 32.0 Å². The molecule has 37 heavy (non-hydrogen) atoms. The molecule has 0 saturated carbocycles. The fourth-order valence-electron chi connectivity index (χ4n) is 5.27. The van der Waals surface area contributed by atoms with Gasteiger partial charge in [-0.15, -0.1) is 0 Å². The molecule has 0 unspecified atom stereocenters. The summed E-state index contributed by atoms with van der Waals surface area (Å²) in [6.07, 6.45) is 8.06.